The molecule has 9 nitrogen and oxygen atoms in total. The maximum atomic E-state index is 12.4. The van der Waals surface area contributed by atoms with Gasteiger partial charge in [-0.2, -0.15) is 0 Å². The van der Waals surface area contributed by atoms with Crippen LogP contribution >= 0.6 is 0 Å². The number of anilines is 3. The molecule has 31 heavy (non-hydrogen) atoms. The van der Waals surface area contributed by atoms with E-state index in [1.165, 1.54) is 36.7 Å². The van der Waals surface area contributed by atoms with Crippen LogP contribution in [0.15, 0.2) is 84.0 Å². The normalized spacial score (nSPS) is 11.5. The average molecular weight is 461 g/mol. The summed E-state index contributed by atoms with van der Waals surface area (Å²) in [7, 11) is -7.50. The van der Waals surface area contributed by atoms with Gasteiger partial charge in [-0.25, -0.2) is 16.8 Å². The third kappa shape index (κ3) is 6.03. The fourth-order valence-electron chi connectivity index (χ4n) is 2.68. The number of carbonyl (C=O) groups is 1. The van der Waals surface area contributed by atoms with Crippen LogP contribution in [0.4, 0.5) is 17.1 Å². The van der Waals surface area contributed by atoms with E-state index in [-0.39, 0.29) is 4.90 Å². The summed E-state index contributed by atoms with van der Waals surface area (Å²) in [6.45, 7) is -0.425. The summed E-state index contributed by atoms with van der Waals surface area (Å²) in [6, 6.07) is 16.9. The highest BCUT2D eigenvalue weighted by molar-refractivity contribution is 7.92. The van der Waals surface area contributed by atoms with Gasteiger partial charge in [0.1, 0.15) is 6.54 Å². The predicted molar refractivity (Wildman–Crippen MR) is 119 cm³/mol. The van der Waals surface area contributed by atoms with Crippen molar-refractivity contribution in [2.45, 2.75) is 4.90 Å². The van der Waals surface area contributed by atoms with Crippen molar-refractivity contribution >= 4 is 43.0 Å². The molecule has 0 saturated heterocycles. The summed E-state index contributed by atoms with van der Waals surface area (Å²) in [5.74, 6) is -0.571. The first-order valence-corrected chi connectivity index (χ1v) is 12.3. The Kier molecular flexibility index (Phi) is 6.56. The smallest absolute Gasteiger partial charge is 0.261 e. The fraction of sp³-hybridized carbons (Fsp3) is 0.100. The molecule has 0 bridgehead atoms. The number of rotatable bonds is 8. The number of aromatic nitrogens is 1. The number of hydrogen-bond donors (Lipinski definition) is 2. The van der Waals surface area contributed by atoms with Crippen LogP contribution in [0, 0.1) is 0 Å². The molecule has 0 saturated carbocycles. The van der Waals surface area contributed by atoms with Gasteiger partial charge in [-0.05, 0) is 48.5 Å². The quantitative estimate of drug-likeness (QED) is 0.531. The van der Waals surface area contributed by atoms with Gasteiger partial charge in [0.2, 0.25) is 15.9 Å². The minimum atomic E-state index is -3.82. The summed E-state index contributed by atoms with van der Waals surface area (Å²) in [5.41, 5.74) is 1.01. The SMILES string of the molecule is CS(=O)(=O)N(CC(=O)Nc1ccc(S(=O)(=O)Nc2cccnc2)cc1)c1ccccc1. The number of pyridine rings is 1. The Morgan fingerprint density at radius 3 is 2.16 bits per heavy atom. The minimum absolute atomic E-state index is 0.00333. The zero-order valence-electron chi connectivity index (χ0n) is 16.5. The lowest BCUT2D eigenvalue weighted by molar-refractivity contribution is -0.114. The lowest BCUT2D eigenvalue weighted by Gasteiger charge is -2.21. The van der Waals surface area contributed by atoms with Crippen LogP contribution in [0.5, 0.6) is 0 Å². The number of nitrogens with zero attached hydrogens (tertiary/aromatic N) is 2. The van der Waals surface area contributed by atoms with E-state index in [1.54, 1.807) is 42.5 Å². The summed E-state index contributed by atoms with van der Waals surface area (Å²) in [5, 5.41) is 2.57. The summed E-state index contributed by atoms with van der Waals surface area (Å²) in [6.07, 6.45) is 3.92. The number of amides is 1. The number of nitrogens with one attached hydrogen (secondary N) is 2. The van der Waals surface area contributed by atoms with E-state index in [2.05, 4.69) is 15.0 Å². The second kappa shape index (κ2) is 9.14. The van der Waals surface area contributed by atoms with Crippen LogP contribution in [0.2, 0.25) is 0 Å². The van der Waals surface area contributed by atoms with Crippen LogP contribution in [0.3, 0.4) is 0 Å². The number of para-hydroxylation sites is 1. The third-order valence-corrected chi connectivity index (χ3v) is 6.63. The van der Waals surface area contributed by atoms with Crippen LogP contribution in [-0.4, -0.2) is 40.5 Å². The van der Waals surface area contributed by atoms with Gasteiger partial charge in [-0.3, -0.25) is 18.8 Å². The molecule has 3 aromatic rings. The number of hydrogen-bond acceptors (Lipinski definition) is 6. The molecule has 1 amide bonds. The molecular formula is C20H20N4O5S2. The lowest BCUT2D eigenvalue weighted by Crippen LogP contribution is -2.37. The van der Waals surface area contributed by atoms with E-state index in [0.717, 1.165) is 10.6 Å². The maximum absolute atomic E-state index is 12.4. The Bertz CT molecular complexity index is 1250. The molecule has 0 aliphatic heterocycles. The van der Waals surface area contributed by atoms with Crippen molar-refractivity contribution in [3.05, 3.63) is 79.1 Å². The van der Waals surface area contributed by atoms with E-state index < -0.39 is 32.5 Å². The van der Waals surface area contributed by atoms with Gasteiger partial charge in [0.25, 0.3) is 10.0 Å². The van der Waals surface area contributed by atoms with E-state index in [0.29, 0.717) is 17.1 Å². The Morgan fingerprint density at radius 1 is 0.903 bits per heavy atom. The highest BCUT2D eigenvalue weighted by Gasteiger charge is 2.21. The van der Waals surface area contributed by atoms with Gasteiger partial charge in [0.05, 0.1) is 28.7 Å². The minimum Gasteiger partial charge on any atom is -0.325 e. The van der Waals surface area contributed by atoms with Crippen LogP contribution in [0.25, 0.3) is 0 Å². The van der Waals surface area contributed by atoms with E-state index in [9.17, 15) is 21.6 Å². The molecule has 2 aromatic carbocycles. The van der Waals surface area contributed by atoms with Crippen molar-refractivity contribution in [2.75, 3.05) is 27.1 Å². The van der Waals surface area contributed by atoms with Crippen LogP contribution in [0.1, 0.15) is 0 Å². The molecular weight excluding hydrogens is 440 g/mol. The average Bonchev–Trinajstić information content (AvgIpc) is 2.73. The first-order chi connectivity index (χ1) is 14.6. The molecule has 3 rings (SSSR count). The topological polar surface area (TPSA) is 126 Å². The first-order valence-electron chi connectivity index (χ1n) is 9.01. The third-order valence-electron chi connectivity index (χ3n) is 4.09. The first kappa shape index (κ1) is 22.2. The molecule has 0 aliphatic carbocycles. The van der Waals surface area contributed by atoms with E-state index in [4.69, 9.17) is 0 Å². The highest BCUT2D eigenvalue weighted by atomic mass is 32.2. The van der Waals surface area contributed by atoms with Gasteiger partial charge >= 0.3 is 0 Å². The van der Waals surface area contributed by atoms with Crippen molar-refractivity contribution in [3.63, 3.8) is 0 Å². The maximum Gasteiger partial charge on any atom is 0.261 e. The highest BCUT2D eigenvalue weighted by Crippen LogP contribution is 2.19. The molecule has 162 valence electrons. The molecule has 11 heteroatoms. The Morgan fingerprint density at radius 2 is 1.58 bits per heavy atom. The van der Waals surface area contributed by atoms with Crippen molar-refractivity contribution in [3.8, 4) is 0 Å². The molecule has 0 fully saturated rings. The van der Waals surface area contributed by atoms with Crippen LogP contribution in [-0.2, 0) is 24.8 Å². The second-order valence-corrected chi connectivity index (χ2v) is 10.1. The molecule has 1 heterocycles. The summed E-state index contributed by atoms with van der Waals surface area (Å²) in [4.78, 5) is 16.3. The zero-order valence-corrected chi connectivity index (χ0v) is 18.1. The summed E-state index contributed by atoms with van der Waals surface area (Å²) < 4.78 is 52.5. The molecule has 0 atom stereocenters. The predicted octanol–water partition coefficient (Wildman–Crippen LogP) is 2.29. The Balaban J connectivity index is 1.69. The zero-order chi connectivity index (χ0) is 22.5. The number of benzene rings is 2. The van der Waals surface area contributed by atoms with E-state index >= 15 is 0 Å². The van der Waals surface area contributed by atoms with Crippen molar-refractivity contribution in [1.82, 2.24) is 4.98 Å². The van der Waals surface area contributed by atoms with Gasteiger partial charge < -0.3 is 5.32 Å². The molecule has 0 spiro atoms. The Hall–Kier alpha value is -3.44. The largest absolute Gasteiger partial charge is 0.325 e. The van der Waals surface area contributed by atoms with Crippen molar-refractivity contribution in [2.24, 2.45) is 0 Å². The van der Waals surface area contributed by atoms with Gasteiger partial charge in [0.15, 0.2) is 0 Å². The van der Waals surface area contributed by atoms with Gasteiger partial charge in [0, 0.05) is 11.9 Å². The fourth-order valence-corrected chi connectivity index (χ4v) is 4.58. The van der Waals surface area contributed by atoms with Gasteiger partial charge in [-0.15, -0.1) is 0 Å². The Labute approximate surface area is 180 Å². The summed E-state index contributed by atoms with van der Waals surface area (Å²) >= 11 is 0. The van der Waals surface area contributed by atoms with Crippen LogP contribution < -0.4 is 14.3 Å². The molecule has 1 aromatic heterocycles. The monoisotopic (exact) mass is 460 g/mol. The molecule has 0 unspecified atom stereocenters. The molecule has 2 N–H and O–H groups in total. The van der Waals surface area contributed by atoms with Gasteiger partial charge in [-0.1, -0.05) is 18.2 Å². The molecule has 0 radical (unpaired) electrons. The number of carbonyl (C=O) groups excluding carboxylic acids is 1. The van der Waals surface area contributed by atoms with Crippen molar-refractivity contribution < 1.29 is 21.6 Å². The van der Waals surface area contributed by atoms with Crippen molar-refractivity contribution in [1.29, 1.82) is 0 Å². The second-order valence-electron chi connectivity index (χ2n) is 6.52. The lowest BCUT2D eigenvalue weighted by atomic mass is 10.3. The number of sulfonamides is 2. The standard InChI is InChI=1S/C20H20N4O5S2/c1-30(26,27)24(18-7-3-2-4-8-18)15-20(25)22-16-9-11-19(12-10-16)31(28,29)23-17-6-5-13-21-14-17/h2-14,23H,15H2,1H3,(H,22,25). The molecule has 0 aliphatic rings. The van der Waals surface area contributed by atoms with E-state index in [1.807, 2.05) is 0 Å².